The van der Waals surface area contributed by atoms with Crippen LogP contribution in [0.2, 0.25) is 0 Å². The number of benzene rings is 4. The zero-order valence-electron chi connectivity index (χ0n) is 48.3. The van der Waals surface area contributed by atoms with Crippen molar-refractivity contribution in [1.82, 2.24) is 29.9 Å². The lowest BCUT2D eigenvalue weighted by Crippen LogP contribution is -2.03. The molecule has 0 aliphatic rings. The van der Waals surface area contributed by atoms with Crippen molar-refractivity contribution < 1.29 is 9.47 Å². The van der Waals surface area contributed by atoms with Gasteiger partial charge in [0.2, 0.25) is 0 Å². The van der Waals surface area contributed by atoms with Crippen LogP contribution in [0.1, 0.15) is 124 Å². The van der Waals surface area contributed by atoms with Crippen LogP contribution in [-0.2, 0) is 0 Å². The lowest BCUT2D eigenvalue weighted by Gasteiger charge is -2.15. The summed E-state index contributed by atoms with van der Waals surface area (Å²) in [6, 6.07) is 61.8. The molecule has 0 N–H and O–H groups in total. The quantitative estimate of drug-likeness (QED) is 0.0301. The first-order valence-corrected chi connectivity index (χ1v) is 29.9. The third-order valence-corrected chi connectivity index (χ3v) is 14.6. The predicted octanol–water partition coefficient (Wildman–Crippen LogP) is 19.3. The molecule has 4 aromatic carbocycles. The van der Waals surface area contributed by atoms with Crippen LogP contribution in [0.4, 0.5) is 0 Å². The molecule has 6 aromatic heterocycles. The third-order valence-electron chi connectivity index (χ3n) is 14.6. The highest BCUT2D eigenvalue weighted by atomic mass is 16.5. The van der Waals surface area contributed by atoms with Crippen LogP contribution < -0.4 is 9.47 Å². The molecule has 0 spiro atoms. The molecule has 0 fully saturated rings. The fourth-order valence-electron chi connectivity index (χ4n) is 9.92. The van der Waals surface area contributed by atoms with E-state index in [-0.39, 0.29) is 0 Å². The maximum Gasteiger partial charge on any atom is 0.135 e. The fourth-order valence-corrected chi connectivity index (χ4v) is 9.92. The molecule has 10 aromatic rings. The Hall–Kier alpha value is -9.58. The number of hydrogen-bond donors (Lipinski definition) is 0. The second-order valence-corrected chi connectivity index (χ2v) is 21.0. The first-order valence-electron chi connectivity index (χ1n) is 29.9. The summed E-state index contributed by atoms with van der Waals surface area (Å²) in [6.45, 7) is 5.76. The molecular formula is C76H72N6O2. The van der Waals surface area contributed by atoms with E-state index in [1.165, 1.54) is 51.4 Å². The fraction of sp³-hybridized carbons (Fsp3) is 0.211. The minimum Gasteiger partial charge on any atom is -0.493 e. The van der Waals surface area contributed by atoms with Crippen LogP contribution in [0.15, 0.2) is 207 Å². The summed E-state index contributed by atoms with van der Waals surface area (Å²) < 4.78 is 13.3. The van der Waals surface area contributed by atoms with Crippen molar-refractivity contribution in [2.75, 3.05) is 13.2 Å². The van der Waals surface area contributed by atoms with E-state index >= 15 is 0 Å². The van der Waals surface area contributed by atoms with Crippen molar-refractivity contribution >= 4 is 24.3 Å². The molecule has 0 radical (unpaired) electrons. The summed E-state index contributed by atoms with van der Waals surface area (Å²) >= 11 is 0. The normalized spacial score (nSPS) is 11.2. The van der Waals surface area contributed by atoms with Crippen molar-refractivity contribution in [3.8, 4) is 91.1 Å². The van der Waals surface area contributed by atoms with Gasteiger partial charge in [0.25, 0.3) is 0 Å². The molecule has 8 nitrogen and oxygen atoms in total. The molecule has 6 heterocycles. The van der Waals surface area contributed by atoms with E-state index < -0.39 is 0 Å². The second-order valence-electron chi connectivity index (χ2n) is 21.0. The molecule has 84 heavy (non-hydrogen) atoms. The van der Waals surface area contributed by atoms with Gasteiger partial charge < -0.3 is 9.47 Å². The smallest absolute Gasteiger partial charge is 0.135 e. The molecule has 10 rings (SSSR count). The van der Waals surface area contributed by atoms with Crippen LogP contribution in [-0.4, -0.2) is 43.1 Å². The average molecular weight is 1100 g/mol. The van der Waals surface area contributed by atoms with E-state index in [2.05, 4.69) is 179 Å². The summed E-state index contributed by atoms with van der Waals surface area (Å²) in [7, 11) is 0. The molecule has 0 saturated heterocycles. The van der Waals surface area contributed by atoms with Crippen molar-refractivity contribution in [2.24, 2.45) is 0 Å². The van der Waals surface area contributed by atoms with E-state index in [9.17, 15) is 0 Å². The number of pyridine rings is 6. The van der Waals surface area contributed by atoms with Crippen molar-refractivity contribution in [2.45, 2.75) is 90.9 Å². The number of aromatic nitrogens is 6. The molecule has 0 bridgehead atoms. The summed E-state index contributed by atoms with van der Waals surface area (Å²) in [6.07, 6.45) is 30.0. The van der Waals surface area contributed by atoms with Crippen LogP contribution in [0.5, 0.6) is 11.5 Å². The second kappa shape index (κ2) is 30.5. The van der Waals surface area contributed by atoms with Gasteiger partial charge in [-0.15, -0.1) is 0 Å². The van der Waals surface area contributed by atoms with Crippen molar-refractivity contribution in [1.29, 1.82) is 0 Å². The zero-order chi connectivity index (χ0) is 57.4. The Kier molecular flexibility index (Phi) is 20.9. The van der Waals surface area contributed by atoms with Gasteiger partial charge in [-0.05, 0) is 143 Å². The van der Waals surface area contributed by atoms with Gasteiger partial charge in [-0.2, -0.15) is 0 Å². The maximum absolute atomic E-state index is 6.68. The lowest BCUT2D eigenvalue weighted by molar-refractivity contribution is 0.295. The van der Waals surface area contributed by atoms with Gasteiger partial charge in [-0.25, -0.2) is 9.97 Å². The van der Waals surface area contributed by atoms with Gasteiger partial charge in [0.05, 0.1) is 64.3 Å². The monoisotopic (exact) mass is 1100 g/mol. The topological polar surface area (TPSA) is 95.8 Å². The van der Waals surface area contributed by atoms with Gasteiger partial charge in [-0.3, -0.25) is 19.9 Å². The lowest BCUT2D eigenvalue weighted by atomic mass is 10.0. The van der Waals surface area contributed by atoms with Gasteiger partial charge >= 0.3 is 0 Å². The Bertz CT molecular complexity index is 3670. The molecule has 0 unspecified atom stereocenters. The molecule has 8 heteroatoms. The SMILES string of the molecule is CCCCCCCCOc1cc(/C=C/c2ccc(-c3cc(-c4ccccn4)nc(-c4ccccn4)c3)cc2)c(OCCCCCCCC)cc1C#Cc1ccc(/C=C/c2ccc(-c3cc(-c4ccccn4)nc(-c4ccccn4)c3)cc2)cc1. The van der Waals surface area contributed by atoms with Gasteiger partial charge in [-0.1, -0.05) is 199 Å². The minimum absolute atomic E-state index is 0.621. The highest BCUT2D eigenvalue weighted by molar-refractivity contribution is 5.80. The Morgan fingerprint density at radius 2 is 0.714 bits per heavy atom. The van der Waals surface area contributed by atoms with Gasteiger partial charge in [0.15, 0.2) is 0 Å². The molecule has 0 amide bonds. The van der Waals surface area contributed by atoms with Crippen LogP contribution in [0.25, 0.3) is 92.1 Å². The maximum atomic E-state index is 6.68. The number of ether oxygens (including phenoxy) is 2. The van der Waals surface area contributed by atoms with Crippen LogP contribution >= 0.6 is 0 Å². The van der Waals surface area contributed by atoms with Crippen LogP contribution in [0, 0.1) is 11.8 Å². The van der Waals surface area contributed by atoms with E-state index in [0.717, 1.165) is 138 Å². The van der Waals surface area contributed by atoms with E-state index in [1.54, 1.807) is 24.8 Å². The molecule has 0 aliphatic heterocycles. The standard InChI is InChI=1S/C76H72N6O2/c1-3-5-7-9-11-21-49-83-75-56-64(44-38-60-35-41-62(42-36-60)66-53-73(69-25-15-19-47-79-69)82-74(54-66)70-26-16-20-48-80-70)76(84-50-22-12-10-8-6-4-2)55-63(75)43-37-58-30-27-57(28-31-58)29-32-59-33-39-61(40-34-59)65-51-71(67-23-13-17-45-77-67)81-72(52-65)68-24-14-18-46-78-68/h13-20,23-36,38-42,44-48,51-56H,3-12,21-22,49-50H2,1-2H3/b32-29+,44-38+. The highest BCUT2D eigenvalue weighted by Crippen LogP contribution is 2.34. The number of unbranched alkanes of at least 4 members (excludes halogenated alkanes) is 10. The van der Waals surface area contributed by atoms with Gasteiger partial charge in [0, 0.05) is 42.0 Å². The summed E-state index contributed by atoms with van der Waals surface area (Å²) in [5.41, 5.74) is 16.6. The van der Waals surface area contributed by atoms with E-state index in [0.29, 0.717) is 13.2 Å². The van der Waals surface area contributed by atoms with Crippen LogP contribution in [0.3, 0.4) is 0 Å². The molecular weight excluding hydrogens is 1030 g/mol. The van der Waals surface area contributed by atoms with Gasteiger partial charge in [0.1, 0.15) is 11.5 Å². The largest absolute Gasteiger partial charge is 0.493 e. The Labute approximate surface area is 496 Å². The molecule has 0 saturated carbocycles. The van der Waals surface area contributed by atoms with Crippen molar-refractivity contribution in [3.63, 3.8) is 0 Å². The summed E-state index contributed by atoms with van der Waals surface area (Å²) in [5, 5.41) is 0. The first-order chi connectivity index (χ1) is 41.5. The van der Waals surface area contributed by atoms with E-state index in [4.69, 9.17) is 19.4 Å². The summed E-state index contributed by atoms with van der Waals surface area (Å²) in [4.78, 5) is 28.3. The summed E-state index contributed by atoms with van der Waals surface area (Å²) in [5.74, 6) is 8.55. The first kappa shape index (κ1) is 57.6. The molecule has 0 atom stereocenters. The number of nitrogens with zero attached hydrogens (tertiary/aromatic N) is 6. The number of hydrogen-bond acceptors (Lipinski definition) is 8. The number of rotatable bonds is 26. The minimum atomic E-state index is 0.621. The Balaban J connectivity index is 0.882. The Morgan fingerprint density at radius 1 is 0.333 bits per heavy atom. The highest BCUT2D eigenvalue weighted by Gasteiger charge is 2.14. The Morgan fingerprint density at radius 3 is 1.12 bits per heavy atom. The van der Waals surface area contributed by atoms with Crippen molar-refractivity contribution in [3.05, 3.63) is 240 Å². The van der Waals surface area contributed by atoms with E-state index in [1.807, 2.05) is 72.8 Å². The molecule has 0 aliphatic carbocycles. The zero-order valence-corrected chi connectivity index (χ0v) is 48.3. The molecule has 418 valence electrons. The average Bonchev–Trinajstić information content (AvgIpc) is 3.67. The third kappa shape index (κ3) is 16.5. The predicted molar refractivity (Wildman–Crippen MR) is 347 cm³/mol.